The molecule has 8 nitrogen and oxygen atoms in total. The summed E-state index contributed by atoms with van der Waals surface area (Å²) in [5, 5.41) is 9.80. The number of benzene rings is 2. The second kappa shape index (κ2) is 9.82. The Kier molecular flexibility index (Phi) is 6.70. The third-order valence-electron chi connectivity index (χ3n) is 5.80. The van der Waals surface area contributed by atoms with Crippen LogP contribution in [0.3, 0.4) is 0 Å². The van der Waals surface area contributed by atoms with Gasteiger partial charge in [0.1, 0.15) is 18.7 Å². The number of hydrogen-bond donors (Lipinski definition) is 1. The zero-order valence-corrected chi connectivity index (χ0v) is 18.3. The molecule has 32 heavy (non-hydrogen) atoms. The van der Waals surface area contributed by atoms with Gasteiger partial charge in [0, 0.05) is 36.0 Å². The molecule has 1 amide bonds. The van der Waals surface area contributed by atoms with Crippen LogP contribution in [0.1, 0.15) is 34.8 Å². The van der Waals surface area contributed by atoms with Crippen LogP contribution in [0, 0.1) is 0 Å². The zero-order chi connectivity index (χ0) is 22.5. The molecule has 1 aromatic heterocycles. The van der Waals surface area contributed by atoms with Crippen molar-refractivity contribution in [3.05, 3.63) is 54.0 Å². The molecule has 1 aliphatic rings. The molecule has 1 fully saturated rings. The Balaban J connectivity index is 1.46. The van der Waals surface area contributed by atoms with Crippen LogP contribution >= 0.6 is 0 Å². The van der Waals surface area contributed by atoms with Gasteiger partial charge in [-0.05, 0) is 43.2 Å². The molecule has 2 aromatic carbocycles. The summed E-state index contributed by atoms with van der Waals surface area (Å²) in [6.45, 7) is 1.50. The van der Waals surface area contributed by atoms with Gasteiger partial charge in [0.15, 0.2) is 11.5 Å². The van der Waals surface area contributed by atoms with E-state index >= 15 is 0 Å². The highest BCUT2D eigenvalue weighted by molar-refractivity contribution is 5.94. The topological polar surface area (TPSA) is 94.0 Å². The van der Waals surface area contributed by atoms with Crippen LogP contribution in [-0.2, 0) is 0 Å². The maximum absolute atomic E-state index is 12.9. The Hall–Kier alpha value is -3.39. The molecule has 4 rings (SSSR count). The predicted octanol–water partition coefficient (Wildman–Crippen LogP) is 3.04. The van der Waals surface area contributed by atoms with E-state index in [1.165, 1.54) is 0 Å². The molecule has 8 heteroatoms. The summed E-state index contributed by atoms with van der Waals surface area (Å²) < 4.78 is 16.2. The van der Waals surface area contributed by atoms with E-state index in [1.807, 2.05) is 17.0 Å². The second-order valence-electron chi connectivity index (χ2n) is 7.65. The lowest BCUT2D eigenvalue weighted by atomic mass is 9.90. The molecule has 1 aliphatic heterocycles. The van der Waals surface area contributed by atoms with Crippen molar-refractivity contribution >= 4 is 16.8 Å². The lowest BCUT2D eigenvalue weighted by Gasteiger charge is -2.32. The third-order valence-corrected chi connectivity index (χ3v) is 5.80. The first-order valence-corrected chi connectivity index (χ1v) is 10.6. The quantitative estimate of drug-likeness (QED) is 0.607. The molecule has 168 valence electrons. The number of aliphatic hydroxyl groups is 1. The largest absolute Gasteiger partial charge is 0.493 e. The summed E-state index contributed by atoms with van der Waals surface area (Å²) in [4.78, 5) is 23.8. The normalized spacial score (nSPS) is 14.4. The molecule has 0 spiro atoms. The lowest BCUT2D eigenvalue weighted by Crippen LogP contribution is -2.38. The van der Waals surface area contributed by atoms with Crippen molar-refractivity contribution in [3.8, 4) is 17.2 Å². The zero-order valence-electron chi connectivity index (χ0n) is 18.3. The first-order valence-electron chi connectivity index (χ1n) is 10.6. The number of aromatic nitrogens is 2. The Morgan fingerprint density at radius 1 is 1.06 bits per heavy atom. The van der Waals surface area contributed by atoms with Crippen molar-refractivity contribution in [2.24, 2.45) is 0 Å². The maximum atomic E-state index is 12.9. The molecule has 3 aromatic rings. The Morgan fingerprint density at radius 2 is 1.75 bits per heavy atom. The van der Waals surface area contributed by atoms with Crippen LogP contribution in [0.5, 0.6) is 17.2 Å². The van der Waals surface area contributed by atoms with Gasteiger partial charge in [-0.2, -0.15) is 0 Å². The number of ether oxygens (including phenoxy) is 3. The van der Waals surface area contributed by atoms with Crippen molar-refractivity contribution in [1.29, 1.82) is 0 Å². The highest BCUT2D eigenvalue weighted by Crippen LogP contribution is 2.36. The molecule has 0 saturated carbocycles. The standard InChI is InChI=1S/C24H27N3O5/c1-30-21-13-19-20(14-22(21)31-2)25-15-26-23(19)16-7-9-27(10-8-16)24(29)17-3-5-18(6-4-17)32-12-11-28/h3-6,13-16,28H,7-12H2,1-2H3. The number of fused-ring (bicyclic) bond motifs is 1. The van der Waals surface area contributed by atoms with Gasteiger partial charge in [0.2, 0.25) is 0 Å². The van der Waals surface area contributed by atoms with Crippen LogP contribution in [0.15, 0.2) is 42.7 Å². The van der Waals surface area contributed by atoms with Crippen LogP contribution in [0.25, 0.3) is 10.9 Å². The van der Waals surface area contributed by atoms with Crippen molar-refractivity contribution < 1.29 is 24.1 Å². The summed E-state index contributed by atoms with van der Waals surface area (Å²) in [6.07, 6.45) is 3.23. The number of likely N-dealkylation sites (tertiary alicyclic amines) is 1. The Bertz CT molecular complexity index is 1080. The predicted molar refractivity (Wildman–Crippen MR) is 120 cm³/mol. The van der Waals surface area contributed by atoms with Crippen LogP contribution in [-0.4, -0.2) is 66.4 Å². The monoisotopic (exact) mass is 437 g/mol. The molecule has 0 bridgehead atoms. The van der Waals surface area contributed by atoms with Crippen molar-refractivity contribution in [2.45, 2.75) is 18.8 Å². The molecule has 2 heterocycles. The number of piperidine rings is 1. The fraction of sp³-hybridized carbons (Fsp3) is 0.375. The number of carbonyl (C=O) groups excluding carboxylic acids is 1. The van der Waals surface area contributed by atoms with E-state index in [1.54, 1.807) is 44.8 Å². The van der Waals surface area contributed by atoms with Gasteiger partial charge >= 0.3 is 0 Å². The smallest absolute Gasteiger partial charge is 0.253 e. The SMILES string of the molecule is COc1cc2ncnc(C3CCN(C(=O)c4ccc(OCCO)cc4)CC3)c2cc1OC. The molecular weight excluding hydrogens is 410 g/mol. The van der Waals surface area contributed by atoms with Gasteiger partial charge in [-0.25, -0.2) is 9.97 Å². The fourth-order valence-electron chi connectivity index (χ4n) is 4.12. The number of aliphatic hydroxyl groups excluding tert-OH is 1. The van der Waals surface area contributed by atoms with E-state index in [0.717, 1.165) is 29.4 Å². The second-order valence-corrected chi connectivity index (χ2v) is 7.65. The average molecular weight is 437 g/mol. The molecular formula is C24H27N3O5. The minimum absolute atomic E-state index is 0.0103. The first kappa shape index (κ1) is 21.8. The Morgan fingerprint density at radius 3 is 2.41 bits per heavy atom. The average Bonchev–Trinajstić information content (AvgIpc) is 2.86. The van der Waals surface area contributed by atoms with E-state index in [2.05, 4.69) is 9.97 Å². The van der Waals surface area contributed by atoms with E-state index in [0.29, 0.717) is 35.9 Å². The molecule has 0 radical (unpaired) electrons. The van der Waals surface area contributed by atoms with Crippen LogP contribution in [0.4, 0.5) is 0 Å². The number of nitrogens with zero attached hydrogens (tertiary/aromatic N) is 3. The first-order chi connectivity index (χ1) is 15.6. The minimum Gasteiger partial charge on any atom is -0.493 e. The van der Waals surface area contributed by atoms with Crippen LogP contribution < -0.4 is 14.2 Å². The number of rotatable bonds is 7. The number of hydrogen-bond acceptors (Lipinski definition) is 7. The molecule has 1 N–H and O–H groups in total. The van der Waals surface area contributed by atoms with Crippen molar-refractivity contribution in [3.63, 3.8) is 0 Å². The summed E-state index contributed by atoms with van der Waals surface area (Å²) >= 11 is 0. The number of carbonyl (C=O) groups is 1. The minimum atomic E-state index is -0.0441. The highest BCUT2D eigenvalue weighted by atomic mass is 16.5. The van der Waals surface area contributed by atoms with Gasteiger partial charge in [-0.15, -0.1) is 0 Å². The van der Waals surface area contributed by atoms with Gasteiger partial charge in [0.05, 0.1) is 32.0 Å². The molecule has 0 aliphatic carbocycles. The fourth-order valence-corrected chi connectivity index (χ4v) is 4.12. The summed E-state index contributed by atoms with van der Waals surface area (Å²) in [6, 6.07) is 10.8. The van der Waals surface area contributed by atoms with Gasteiger partial charge in [-0.1, -0.05) is 0 Å². The number of methoxy groups -OCH3 is 2. The molecule has 0 unspecified atom stereocenters. The highest BCUT2D eigenvalue weighted by Gasteiger charge is 2.27. The molecule has 0 atom stereocenters. The lowest BCUT2D eigenvalue weighted by molar-refractivity contribution is 0.0712. The van der Waals surface area contributed by atoms with E-state index in [4.69, 9.17) is 19.3 Å². The summed E-state index contributed by atoms with van der Waals surface area (Å²) in [5.74, 6) is 2.16. The van der Waals surface area contributed by atoms with Gasteiger partial charge in [-0.3, -0.25) is 4.79 Å². The summed E-state index contributed by atoms with van der Waals surface area (Å²) in [7, 11) is 3.22. The summed E-state index contributed by atoms with van der Waals surface area (Å²) in [5.41, 5.74) is 2.42. The van der Waals surface area contributed by atoms with Gasteiger partial charge in [0.25, 0.3) is 5.91 Å². The maximum Gasteiger partial charge on any atom is 0.253 e. The molecule has 1 saturated heterocycles. The van der Waals surface area contributed by atoms with Crippen molar-refractivity contribution in [1.82, 2.24) is 14.9 Å². The van der Waals surface area contributed by atoms with Crippen molar-refractivity contribution in [2.75, 3.05) is 40.5 Å². The van der Waals surface area contributed by atoms with E-state index in [-0.39, 0.29) is 25.0 Å². The van der Waals surface area contributed by atoms with E-state index in [9.17, 15) is 4.79 Å². The van der Waals surface area contributed by atoms with Gasteiger partial charge < -0.3 is 24.2 Å². The Labute approximate surface area is 186 Å². The number of amides is 1. The van der Waals surface area contributed by atoms with Crippen LogP contribution in [0.2, 0.25) is 0 Å². The van der Waals surface area contributed by atoms with E-state index < -0.39 is 0 Å². The third kappa shape index (κ3) is 4.45.